The minimum Gasteiger partial charge on any atom is -0.506 e. The third-order valence-electron chi connectivity index (χ3n) is 6.30. The number of primary amides is 1. The molecule has 36 heavy (non-hydrogen) atoms. The van der Waals surface area contributed by atoms with Crippen LogP contribution in [-0.2, 0) is 21.4 Å². The number of rotatable bonds is 7. The van der Waals surface area contributed by atoms with Crippen molar-refractivity contribution in [3.8, 4) is 11.5 Å². The van der Waals surface area contributed by atoms with Crippen LogP contribution in [-0.4, -0.2) is 35.9 Å². The second kappa shape index (κ2) is 8.63. The van der Waals surface area contributed by atoms with Crippen LogP contribution in [0.1, 0.15) is 31.7 Å². The van der Waals surface area contributed by atoms with E-state index in [1.165, 1.54) is 41.8 Å². The Hall–Kier alpha value is -3.93. The first kappa shape index (κ1) is 23.8. The predicted octanol–water partition coefficient (Wildman–Crippen LogP) is 2.46. The number of anilines is 1. The Labute approximate surface area is 205 Å². The van der Waals surface area contributed by atoms with E-state index in [1.807, 2.05) is 0 Å². The highest BCUT2D eigenvalue weighted by Crippen LogP contribution is 2.36. The SMILES string of the molecule is C[C@@H](Oc1ccc2c(c1)S(=O)(=O)N=C(c1c(O)c3cc(F)ccc3n(CCC3CC3)c1=O)N2)C(N)=O. The molecular weight excluding hydrogens is 491 g/mol. The normalized spacial score (nSPS) is 17.1. The number of aromatic nitrogens is 1. The van der Waals surface area contributed by atoms with Crippen molar-refractivity contribution in [1.29, 1.82) is 0 Å². The van der Waals surface area contributed by atoms with Crippen molar-refractivity contribution in [2.75, 3.05) is 5.32 Å². The number of sulfonamides is 1. The number of nitrogens with zero attached hydrogens (tertiary/aromatic N) is 2. The number of carbonyl (C=O) groups excluding carboxylic acids is 1. The first-order valence-corrected chi connectivity index (χ1v) is 12.8. The minimum atomic E-state index is -4.35. The smallest absolute Gasteiger partial charge is 0.286 e. The molecule has 2 heterocycles. The number of pyridine rings is 1. The van der Waals surface area contributed by atoms with Gasteiger partial charge in [-0.05, 0) is 49.6 Å². The van der Waals surface area contributed by atoms with Crippen molar-refractivity contribution in [3.63, 3.8) is 0 Å². The number of aryl methyl sites for hydroxylation is 1. The maximum absolute atomic E-state index is 14.1. The third-order valence-corrected chi connectivity index (χ3v) is 7.62. The van der Waals surface area contributed by atoms with Gasteiger partial charge in [-0.2, -0.15) is 8.42 Å². The molecule has 1 amide bonds. The Morgan fingerprint density at radius 3 is 2.75 bits per heavy atom. The average molecular weight is 515 g/mol. The molecule has 1 atom stereocenters. The van der Waals surface area contributed by atoms with Crippen molar-refractivity contribution in [2.45, 2.75) is 43.7 Å². The van der Waals surface area contributed by atoms with Gasteiger partial charge in [0.05, 0.1) is 11.2 Å². The number of benzene rings is 2. The number of nitrogens with two attached hydrogens (primary N) is 1. The van der Waals surface area contributed by atoms with E-state index in [0.29, 0.717) is 18.0 Å². The number of fused-ring (bicyclic) bond motifs is 2. The minimum absolute atomic E-state index is 0.0669. The zero-order valence-corrected chi connectivity index (χ0v) is 20.0. The lowest BCUT2D eigenvalue weighted by molar-refractivity contribution is -0.123. The molecule has 5 rings (SSSR count). The maximum Gasteiger partial charge on any atom is 0.286 e. The van der Waals surface area contributed by atoms with E-state index >= 15 is 0 Å². The number of amidine groups is 1. The Morgan fingerprint density at radius 1 is 1.31 bits per heavy atom. The highest BCUT2D eigenvalue weighted by Gasteiger charge is 2.31. The maximum atomic E-state index is 14.1. The number of ether oxygens (including phenoxy) is 1. The lowest BCUT2D eigenvalue weighted by Gasteiger charge is -2.21. The molecule has 1 fully saturated rings. The summed E-state index contributed by atoms with van der Waals surface area (Å²) >= 11 is 0. The van der Waals surface area contributed by atoms with Crippen LogP contribution in [0.4, 0.5) is 10.1 Å². The number of hydrogen-bond acceptors (Lipinski definition) is 7. The molecule has 0 saturated heterocycles. The van der Waals surface area contributed by atoms with E-state index in [0.717, 1.165) is 25.3 Å². The van der Waals surface area contributed by atoms with Crippen molar-refractivity contribution < 1.29 is 27.4 Å². The molecule has 0 radical (unpaired) electrons. The Kier molecular flexibility index (Phi) is 5.70. The molecular formula is C24H23FN4O6S. The fourth-order valence-electron chi connectivity index (χ4n) is 4.15. The number of halogens is 1. The molecule has 1 aromatic heterocycles. The fourth-order valence-corrected chi connectivity index (χ4v) is 5.29. The van der Waals surface area contributed by atoms with E-state index < -0.39 is 39.2 Å². The zero-order chi connectivity index (χ0) is 25.8. The number of aromatic hydroxyl groups is 1. The van der Waals surface area contributed by atoms with Crippen LogP contribution in [0.15, 0.2) is 50.5 Å². The molecule has 10 nitrogen and oxygen atoms in total. The van der Waals surface area contributed by atoms with Gasteiger partial charge in [0.2, 0.25) is 0 Å². The van der Waals surface area contributed by atoms with Gasteiger partial charge in [0.25, 0.3) is 21.5 Å². The van der Waals surface area contributed by atoms with E-state index in [-0.39, 0.29) is 33.1 Å². The highest BCUT2D eigenvalue weighted by molar-refractivity contribution is 7.90. The topological polar surface area (TPSA) is 153 Å². The van der Waals surface area contributed by atoms with Crippen LogP contribution in [0.3, 0.4) is 0 Å². The summed E-state index contributed by atoms with van der Waals surface area (Å²) in [5.74, 6) is -1.72. The Bertz CT molecular complexity index is 1610. The lowest BCUT2D eigenvalue weighted by atomic mass is 10.1. The monoisotopic (exact) mass is 514 g/mol. The van der Waals surface area contributed by atoms with E-state index in [9.17, 15) is 27.5 Å². The summed E-state index contributed by atoms with van der Waals surface area (Å²) in [4.78, 5) is 24.5. The first-order valence-electron chi connectivity index (χ1n) is 11.3. The van der Waals surface area contributed by atoms with Crippen LogP contribution >= 0.6 is 0 Å². The second-order valence-electron chi connectivity index (χ2n) is 8.93. The molecule has 0 bridgehead atoms. The molecule has 1 aliphatic carbocycles. The molecule has 0 unspecified atom stereocenters. The van der Waals surface area contributed by atoms with Crippen molar-refractivity contribution in [2.24, 2.45) is 16.0 Å². The molecule has 1 saturated carbocycles. The molecule has 188 valence electrons. The fraction of sp³-hybridized carbons (Fsp3) is 0.292. The largest absolute Gasteiger partial charge is 0.506 e. The number of carbonyl (C=O) groups is 1. The van der Waals surface area contributed by atoms with Gasteiger partial charge < -0.3 is 25.5 Å². The third kappa shape index (κ3) is 4.28. The van der Waals surface area contributed by atoms with Crippen LogP contribution in [0, 0.1) is 11.7 Å². The van der Waals surface area contributed by atoms with E-state index in [2.05, 4.69) is 9.71 Å². The van der Waals surface area contributed by atoms with E-state index in [1.54, 1.807) is 0 Å². The summed E-state index contributed by atoms with van der Waals surface area (Å²) in [7, 11) is -4.35. The summed E-state index contributed by atoms with van der Waals surface area (Å²) in [5.41, 5.74) is 4.60. The van der Waals surface area contributed by atoms with Crippen LogP contribution in [0.5, 0.6) is 11.5 Å². The van der Waals surface area contributed by atoms with Gasteiger partial charge in [-0.15, -0.1) is 4.40 Å². The molecule has 2 aromatic carbocycles. The highest BCUT2D eigenvalue weighted by atomic mass is 32.2. The molecule has 3 aromatic rings. The van der Waals surface area contributed by atoms with Crippen molar-refractivity contribution in [3.05, 3.63) is 58.1 Å². The van der Waals surface area contributed by atoms with Gasteiger partial charge in [-0.1, -0.05) is 12.8 Å². The van der Waals surface area contributed by atoms with Gasteiger partial charge in [0.15, 0.2) is 11.9 Å². The summed E-state index contributed by atoms with van der Waals surface area (Å²) in [6, 6.07) is 7.70. The number of nitrogens with one attached hydrogen (secondary N) is 1. The van der Waals surface area contributed by atoms with Crippen LogP contribution in [0.2, 0.25) is 0 Å². The molecule has 4 N–H and O–H groups in total. The van der Waals surface area contributed by atoms with Crippen LogP contribution < -0.4 is 21.3 Å². The Balaban J connectivity index is 1.62. The summed E-state index contributed by atoms with van der Waals surface area (Å²) in [6.45, 7) is 1.75. The van der Waals surface area contributed by atoms with Gasteiger partial charge >= 0.3 is 0 Å². The number of hydrogen-bond donors (Lipinski definition) is 3. The van der Waals surface area contributed by atoms with Crippen molar-refractivity contribution in [1.82, 2.24) is 4.57 Å². The predicted molar refractivity (Wildman–Crippen MR) is 130 cm³/mol. The first-order chi connectivity index (χ1) is 17.0. The summed E-state index contributed by atoms with van der Waals surface area (Å²) in [6.07, 6.45) is 1.87. The zero-order valence-electron chi connectivity index (χ0n) is 19.2. The van der Waals surface area contributed by atoms with Gasteiger partial charge in [-0.25, -0.2) is 4.39 Å². The van der Waals surface area contributed by atoms with Crippen LogP contribution in [0.25, 0.3) is 10.9 Å². The molecule has 1 aliphatic heterocycles. The second-order valence-corrected chi connectivity index (χ2v) is 10.5. The summed E-state index contributed by atoms with van der Waals surface area (Å²) < 4.78 is 50.7. The van der Waals surface area contributed by atoms with E-state index in [4.69, 9.17) is 10.5 Å². The van der Waals surface area contributed by atoms with Gasteiger partial charge in [-0.3, -0.25) is 9.59 Å². The quantitative estimate of drug-likeness (QED) is 0.438. The standard InChI is InChI=1S/C24H23FN4O6S/c1-12(22(26)31)35-15-5-6-17-19(11-15)36(33,34)28-23(27-17)20-21(30)16-10-14(25)4-7-18(16)29(24(20)32)9-8-13-2-3-13/h4-7,10-13,30H,2-3,8-9H2,1H3,(H2,26,31)(H,27,28)/t12-/m1/s1. The number of amides is 1. The summed E-state index contributed by atoms with van der Waals surface area (Å²) in [5, 5.41) is 13.8. The van der Waals surface area contributed by atoms with Gasteiger partial charge in [0, 0.05) is 18.0 Å². The molecule has 2 aliphatic rings. The van der Waals surface area contributed by atoms with Crippen molar-refractivity contribution >= 4 is 38.4 Å². The Morgan fingerprint density at radius 2 is 2.06 bits per heavy atom. The average Bonchev–Trinajstić information content (AvgIpc) is 3.64. The van der Waals surface area contributed by atoms with Gasteiger partial charge in [0.1, 0.15) is 27.8 Å². The molecule has 12 heteroatoms. The lowest BCUT2D eigenvalue weighted by Crippen LogP contribution is -2.33. The molecule has 0 spiro atoms.